The number of benzene rings is 1. The summed E-state index contributed by atoms with van der Waals surface area (Å²) in [5, 5.41) is 8.80. The van der Waals surface area contributed by atoms with E-state index in [1.54, 1.807) is 32.4 Å². The van der Waals surface area contributed by atoms with Crippen molar-refractivity contribution < 1.29 is 18.8 Å². The molecule has 7 nitrogen and oxygen atoms in total. The number of amides is 1. The molecule has 0 spiro atoms. The van der Waals surface area contributed by atoms with Crippen LogP contribution in [0.15, 0.2) is 34.2 Å². The normalized spacial score (nSPS) is 13.5. The lowest BCUT2D eigenvalue weighted by Gasteiger charge is -2.09. The molecule has 8 heteroatoms. The van der Waals surface area contributed by atoms with Gasteiger partial charge in [-0.1, -0.05) is 5.16 Å². The average molecular weight is 371 g/mol. The Balaban J connectivity index is 1.58. The zero-order valence-electron chi connectivity index (χ0n) is 14.3. The molecule has 1 aliphatic rings. The van der Waals surface area contributed by atoms with E-state index in [9.17, 15) is 4.79 Å². The number of carbonyl (C=O) groups is 1. The van der Waals surface area contributed by atoms with Gasteiger partial charge in [0, 0.05) is 17.5 Å². The minimum atomic E-state index is -0.274. The zero-order chi connectivity index (χ0) is 18.1. The number of anilines is 1. The lowest BCUT2D eigenvalue weighted by Crippen LogP contribution is -2.12. The highest BCUT2D eigenvalue weighted by atomic mass is 32.1. The number of thiophene rings is 1. The summed E-state index contributed by atoms with van der Waals surface area (Å²) in [6, 6.07) is 6.84. The lowest BCUT2D eigenvalue weighted by atomic mass is 10.2. The lowest BCUT2D eigenvalue weighted by molar-refractivity contribution is 0.102. The first-order chi connectivity index (χ1) is 12.7. The molecule has 1 fully saturated rings. The second-order valence-corrected chi connectivity index (χ2v) is 6.87. The molecular formula is C18H17N3O4S. The number of ether oxygens (including phenoxy) is 2. The molecule has 0 aliphatic heterocycles. The van der Waals surface area contributed by atoms with Crippen molar-refractivity contribution >= 4 is 22.9 Å². The molecule has 1 amide bonds. The van der Waals surface area contributed by atoms with E-state index in [4.69, 9.17) is 14.0 Å². The smallest absolute Gasteiger partial charge is 0.270 e. The fourth-order valence-electron chi connectivity index (χ4n) is 2.54. The number of hydrogen-bond acceptors (Lipinski definition) is 7. The van der Waals surface area contributed by atoms with Gasteiger partial charge in [-0.25, -0.2) is 0 Å². The van der Waals surface area contributed by atoms with Gasteiger partial charge >= 0.3 is 0 Å². The second kappa shape index (κ2) is 6.80. The van der Waals surface area contributed by atoms with E-state index >= 15 is 0 Å². The fourth-order valence-corrected chi connectivity index (χ4v) is 3.31. The monoisotopic (exact) mass is 371 g/mol. The Labute approximate surface area is 153 Å². The Bertz CT molecular complexity index is 923. The van der Waals surface area contributed by atoms with Gasteiger partial charge in [0.2, 0.25) is 0 Å². The van der Waals surface area contributed by atoms with Crippen molar-refractivity contribution in [3.63, 3.8) is 0 Å². The van der Waals surface area contributed by atoms with Crippen LogP contribution in [0.1, 0.15) is 34.9 Å². The third-order valence-corrected chi connectivity index (χ3v) is 5.01. The third kappa shape index (κ3) is 3.28. The quantitative estimate of drug-likeness (QED) is 0.706. The maximum atomic E-state index is 12.7. The number of nitrogens with one attached hydrogen (secondary N) is 1. The number of nitrogens with zero attached hydrogens (tertiary/aromatic N) is 2. The molecular weight excluding hydrogens is 354 g/mol. The molecule has 3 aromatic rings. The molecule has 4 rings (SSSR count). The molecule has 0 bridgehead atoms. The average Bonchev–Trinajstić information content (AvgIpc) is 3.22. The van der Waals surface area contributed by atoms with Crippen LogP contribution in [0.3, 0.4) is 0 Å². The maximum absolute atomic E-state index is 12.7. The van der Waals surface area contributed by atoms with Crippen LogP contribution in [0.2, 0.25) is 0 Å². The van der Waals surface area contributed by atoms with Crippen LogP contribution in [0.4, 0.5) is 5.69 Å². The molecule has 1 aliphatic carbocycles. The van der Waals surface area contributed by atoms with Gasteiger partial charge in [-0.05, 0) is 36.4 Å². The van der Waals surface area contributed by atoms with E-state index in [0.29, 0.717) is 34.6 Å². The summed E-state index contributed by atoms with van der Waals surface area (Å²) < 4.78 is 15.8. The molecule has 1 N–H and O–H groups in total. The van der Waals surface area contributed by atoms with Gasteiger partial charge in [0.1, 0.15) is 16.4 Å². The molecule has 26 heavy (non-hydrogen) atoms. The van der Waals surface area contributed by atoms with Gasteiger partial charge in [-0.15, -0.1) is 11.3 Å². The summed E-state index contributed by atoms with van der Waals surface area (Å²) in [4.78, 5) is 17.9. The highest BCUT2D eigenvalue weighted by Crippen LogP contribution is 2.40. The van der Waals surface area contributed by atoms with Crippen molar-refractivity contribution in [2.24, 2.45) is 0 Å². The first-order valence-corrected chi connectivity index (χ1v) is 9.02. The highest BCUT2D eigenvalue weighted by Gasteiger charge is 2.29. The Morgan fingerprint density at radius 1 is 1.23 bits per heavy atom. The fraction of sp³-hybridized carbons (Fsp3) is 0.278. The van der Waals surface area contributed by atoms with Crippen LogP contribution in [0.5, 0.6) is 11.5 Å². The van der Waals surface area contributed by atoms with Crippen molar-refractivity contribution in [1.82, 2.24) is 10.1 Å². The molecule has 2 aromatic heterocycles. The summed E-state index contributed by atoms with van der Waals surface area (Å²) in [6.45, 7) is 0. The van der Waals surface area contributed by atoms with Crippen molar-refractivity contribution in [2.45, 2.75) is 18.8 Å². The van der Waals surface area contributed by atoms with Crippen molar-refractivity contribution in [1.29, 1.82) is 0 Å². The van der Waals surface area contributed by atoms with Gasteiger partial charge in [0.25, 0.3) is 11.8 Å². The Kier molecular flexibility index (Phi) is 4.34. The van der Waals surface area contributed by atoms with Crippen LogP contribution < -0.4 is 14.8 Å². The Morgan fingerprint density at radius 3 is 2.62 bits per heavy atom. The van der Waals surface area contributed by atoms with Gasteiger partial charge in [0.05, 0.1) is 19.9 Å². The molecule has 0 unspecified atom stereocenters. The third-order valence-electron chi connectivity index (χ3n) is 4.11. The zero-order valence-corrected chi connectivity index (χ0v) is 15.1. The maximum Gasteiger partial charge on any atom is 0.270 e. The van der Waals surface area contributed by atoms with Crippen molar-refractivity contribution in [3.8, 4) is 22.3 Å². The summed E-state index contributed by atoms with van der Waals surface area (Å²) >= 11 is 1.44. The summed E-state index contributed by atoms with van der Waals surface area (Å²) in [5.74, 6) is 2.40. The van der Waals surface area contributed by atoms with E-state index in [2.05, 4.69) is 15.5 Å². The SMILES string of the molecule is COc1cc(OC)cc(C(=O)Nc2ccsc2-c2nc(C3CC3)no2)c1. The molecule has 2 heterocycles. The van der Waals surface area contributed by atoms with E-state index in [0.717, 1.165) is 23.5 Å². The first kappa shape index (κ1) is 16.6. The predicted molar refractivity (Wildman–Crippen MR) is 97.1 cm³/mol. The van der Waals surface area contributed by atoms with Crippen LogP contribution in [-0.4, -0.2) is 30.3 Å². The molecule has 0 saturated heterocycles. The largest absolute Gasteiger partial charge is 0.497 e. The van der Waals surface area contributed by atoms with Crippen LogP contribution >= 0.6 is 11.3 Å². The number of carbonyl (C=O) groups excluding carboxylic acids is 1. The summed E-state index contributed by atoms with van der Waals surface area (Å²) in [5.41, 5.74) is 1.07. The van der Waals surface area contributed by atoms with Crippen LogP contribution in [-0.2, 0) is 0 Å². The second-order valence-electron chi connectivity index (χ2n) is 5.95. The number of methoxy groups -OCH3 is 2. The summed E-state index contributed by atoms with van der Waals surface area (Å²) in [7, 11) is 3.08. The van der Waals surface area contributed by atoms with Crippen molar-refractivity contribution in [3.05, 3.63) is 41.0 Å². The van der Waals surface area contributed by atoms with E-state index < -0.39 is 0 Å². The standard InChI is InChI=1S/C18H17N3O4S/c1-23-12-7-11(8-13(9-12)24-2)17(22)19-14-5-6-26-15(14)18-20-16(21-25-18)10-3-4-10/h5-10H,3-4H2,1-2H3,(H,19,22). The van der Waals surface area contributed by atoms with Crippen molar-refractivity contribution in [2.75, 3.05) is 19.5 Å². The number of rotatable bonds is 6. The van der Waals surface area contributed by atoms with E-state index in [1.165, 1.54) is 11.3 Å². The molecule has 1 saturated carbocycles. The van der Waals surface area contributed by atoms with Crippen LogP contribution in [0, 0.1) is 0 Å². The summed E-state index contributed by atoms with van der Waals surface area (Å²) in [6.07, 6.45) is 2.20. The molecule has 0 atom stereocenters. The van der Waals surface area contributed by atoms with Crippen LogP contribution in [0.25, 0.3) is 10.8 Å². The highest BCUT2D eigenvalue weighted by molar-refractivity contribution is 7.14. The van der Waals surface area contributed by atoms with Gasteiger partial charge in [0.15, 0.2) is 5.82 Å². The number of aromatic nitrogens is 2. The van der Waals surface area contributed by atoms with E-state index in [-0.39, 0.29) is 5.91 Å². The van der Waals surface area contributed by atoms with Gasteiger partial charge in [-0.3, -0.25) is 4.79 Å². The van der Waals surface area contributed by atoms with Gasteiger partial charge < -0.3 is 19.3 Å². The first-order valence-electron chi connectivity index (χ1n) is 8.14. The molecule has 0 radical (unpaired) electrons. The molecule has 1 aromatic carbocycles. The predicted octanol–water partition coefficient (Wildman–Crippen LogP) is 3.95. The Hall–Kier alpha value is -2.87. The minimum absolute atomic E-state index is 0.274. The Morgan fingerprint density at radius 2 is 1.96 bits per heavy atom. The topological polar surface area (TPSA) is 86.5 Å². The van der Waals surface area contributed by atoms with E-state index in [1.807, 2.05) is 11.4 Å². The van der Waals surface area contributed by atoms with Gasteiger partial charge in [-0.2, -0.15) is 4.98 Å². The minimum Gasteiger partial charge on any atom is -0.497 e. The molecule has 134 valence electrons. The number of hydrogen-bond donors (Lipinski definition) is 1.